The molecular weight excluding hydrogens is 338 g/mol. The highest BCUT2D eigenvalue weighted by atomic mass is 32.2. The number of aromatic nitrogens is 1. The smallest absolute Gasteiger partial charge is 0.279 e. The topological polar surface area (TPSA) is 71.5 Å². The lowest BCUT2D eigenvalue weighted by Gasteiger charge is -2.18. The van der Waals surface area contributed by atoms with Crippen LogP contribution in [0.2, 0.25) is 0 Å². The molecule has 0 bridgehead atoms. The first-order chi connectivity index (χ1) is 11.8. The minimum atomic E-state index is -3.48. The van der Waals surface area contributed by atoms with Crippen LogP contribution in [0.5, 0.6) is 11.6 Å². The van der Waals surface area contributed by atoms with Gasteiger partial charge in [-0.25, -0.2) is 4.98 Å². The maximum atomic E-state index is 12.2. The van der Waals surface area contributed by atoms with Gasteiger partial charge in [0, 0.05) is 31.9 Å². The maximum absolute atomic E-state index is 12.2. The average molecular weight is 363 g/mol. The lowest BCUT2D eigenvalue weighted by molar-refractivity contribution is 0.434. The Kier molecular flexibility index (Phi) is 6.52. The molecule has 0 saturated carbocycles. The fourth-order valence-electron chi connectivity index (χ4n) is 2.56. The molecule has 2 aromatic rings. The van der Waals surface area contributed by atoms with E-state index in [9.17, 15) is 8.42 Å². The van der Waals surface area contributed by atoms with Crippen LogP contribution in [0.15, 0.2) is 36.5 Å². The number of hydrogen-bond acceptors (Lipinski definition) is 4. The average Bonchev–Trinajstić information content (AvgIpc) is 2.53. The van der Waals surface area contributed by atoms with Crippen LogP contribution in [0.25, 0.3) is 0 Å². The van der Waals surface area contributed by atoms with E-state index in [1.54, 1.807) is 18.3 Å². The molecule has 0 unspecified atom stereocenters. The van der Waals surface area contributed by atoms with E-state index in [1.807, 2.05) is 39.8 Å². The Hall–Kier alpha value is -1.96. The summed E-state index contributed by atoms with van der Waals surface area (Å²) in [5.74, 6) is 1.15. The highest BCUT2D eigenvalue weighted by Gasteiger charge is 2.17. The van der Waals surface area contributed by atoms with Crippen LogP contribution in [0.4, 0.5) is 0 Å². The molecule has 0 aliphatic rings. The van der Waals surface area contributed by atoms with Crippen molar-refractivity contribution in [2.45, 2.75) is 34.2 Å². The number of nitrogens with zero attached hydrogens (tertiary/aromatic N) is 2. The lowest BCUT2D eigenvalue weighted by Crippen LogP contribution is -2.40. The Morgan fingerprint density at radius 3 is 2.32 bits per heavy atom. The molecule has 0 spiro atoms. The van der Waals surface area contributed by atoms with Gasteiger partial charge in [0.2, 0.25) is 5.88 Å². The standard InChI is InChI=1S/C18H25N3O3S/c1-5-21(6-2)25(22,23)20-13-16-7-8-19-18(12-16)24-17-10-14(3)9-15(4)11-17/h7-12,20H,5-6,13H2,1-4H3. The Balaban J connectivity index is 2.08. The number of aryl methyl sites for hydroxylation is 2. The third-order valence-corrected chi connectivity index (χ3v) is 5.43. The zero-order valence-electron chi connectivity index (χ0n) is 15.1. The highest BCUT2D eigenvalue weighted by Crippen LogP contribution is 2.22. The van der Waals surface area contributed by atoms with Crippen molar-refractivity contribution in [3.8, 4) is 11.6 Å². The zero-order valence-corrected chi connectivity index (χ0v) is 15.9. The van der Waals surface area contributed by atoms with Gasteiger partial charge in [-0.1, -0.05) is 19.9 Å². The molecule has 0 atom stereocenters. The van der Waals surface area contributed by atoms with Crippen LogP contribution < -0.4 is 9.46 Å². The van der Waals surface area contributed by atoms with Gasteiger partial charge in [-0.15, -0.1) is 0 Å². The van der Waals surface area contributed by atoms with Crippen LogP contribution in [0.3, 0.4) is 0 Å². The van der Waals surface area contributed by atoms with E-state index in [4.69, 9.17) is 4.74 Å². The van der Waals surface area contributed by atoms with Crippen LogP contribution >= 0.6 is 0 Å². The third-order valence-electron chi connectivity index (χ3n) is 3.72. The van der Waals surface area contributed by atoms with Gasteiger partial charge in [-0.3, -0.25) is 0 Å². The molecule has 1 heterocycles. The first-order valence-electron chi connectivity index (χ1n) is 8.30. The molecule has 0 radical (unpaired) electrons. The zero-order chi connectivity index (χ0) is 18.4. The van der Waals surface area contributed by atoms with E-state index in [0.717, 1.165) is 16.7 Å². The molecule has 0 saturated heterocycles. The van der Waals surface area contributed by atoms with Gasteiger partial charge in [0.05, 0.1) is 0 Å². The largest absolute Gasteiger partial charge is 0.439 e. The first kappa shape index (κ1) is 19.4. The number of benzene rings is 1. The minimum absolute atomic E-state index is 0.185. The number of pyridine rings is 1. The summed E-state index contributed by atoms with van der Waals surface area (Å²) >= 11 is 0. The predicted molar refractivity (Wildman–Crippen MR) is 98.9 cm³/mol. The summed E-state index contributed by atoms with van der Waals surface area (Å²) in [4.78, 5) is 4.20. The summed E-state index contributed by atoms with van der Waals surface area (Å²) in [5.41, 5.74) is 3.00. The van der Waals surface area contributed by atoms with Crippen molar-refractivity contribution >= 4 is 10.2 Å². The molecule has 0 aliphatic heterocycles. The second-order valence-corrected chi connectivity index (χ2v) is 7.59. The molecular formula is C18H25N3O3S. The minimum Gasteiger partial charge on any atom is -0.439 e. The van der Waals surface area contributed by atoms with Crippen molar-refractivity contribution in [1.29, 1.82) is 0 Å². The molecule has 6 nitrogen and oxygen atoms in total. The van der Waals surface area contributed by atoms with Gasteiger partial charge >= 0.3 is 0 Å². The Bertz CT molecular complexity index is 798. The molecule has 1 aromatic heterocycles. The number of ether oxygens (including phenoxy) is 1. The molecule has 0 amide bonds. The van der Waals surface area contributed by atoms with Gasteiger partial charge < -0.3 is 4.74 Å². The summed E-state index contributed by atoms with van der Waals surface area (Å²) in [5, 5.41) is 0. The Morgan fingerprint density at radius 1 is 1.08 bits per heavy atom. The molecule has 0 fully saturated rings. The van der Waals surface area contributed by atoms with Crippen molar-refractivity contribution in [2.24, 2.45) is 0 Å². The molecule has 7 heteroatoms. The van der Waals surface area contributed by atoms with Crippen molar-refractivity contribution in [1.82, 2.24) is 14.0 Å². The number of hydrogen-bond donors (Lipinski definition) is 1. The third kappa shape index (κ3) is 5.52. The summed E-state index contributed by atoms with van der Waals surface area (Å²) in [6, 6.07) is 9.44. The van der Waals surface area contributed by atoms with Crippen LogP contribution in [0.1, 0.15) is 30.5 Å². The van der Waals surface area contributed by atoms with Gasteiger partial charge in [-0.2, -0.15) is 17.4 Å². The van der Waals surface area contributed by atoms with E-state index >= 15 is 0 Å². The predicted octanol–water partition coefficient (Wildman–Crippen LogP) is 3.17. The Morgan fingerprint density at radius 2 is 1.72 bits per heavy atom. The quantitative estimate of drug-likeness (QED) is 0.782. The summed E-state index contributed by atoms with van der Waals surface area (Å²) in [7, 11) is -3.48. The second kappa shape index (κ2) is 8.42. The molecule has 25 heavy (non-hydrogen) atoms. The van der Waals surface area contributed by atoms with E-state index in [0.29, 0.717) is 24.7 Å². The maximum Gasteiger partial charge on any atom is 0.279 e. The fourth-order valence-corrected chi connectivity index (χ4v) is 3.77. The van der Waals surface area contributed by atoms with Crippen molar-refractivity contribution < 1.29 is 13.2 Å². The van der Waals surface area contributed by atoms with E-state index < -0.39 is 10.2 Å². The SMILES string of the molecule is CCN(CC)S(=O)(=O)NCc1ccnc(Oc2cc(C)cc(C)c2)c1. The molecule has 1 aromatic carbocycles. The normalized spacial score (nSPS) is 11.7. The first-order valence-corrected chi connectivity index (χ1v) is 9.74. The van der Waals surface area contributed by atoms with Crippen LogP contribution in [-0.2, 0) is 16.8 Å². The molecule has 136 valence electrons. The molecule has 2 rings (SSSR count). The van der Waals surface area contributed by atoms with E-state index in [1.165, 1.54) is 4.31 Å². The summed E-state index contributed by atoms with van der Waals surface area (Å²) < 4.78 is 34.2. The lowest BCUT2D eigenvalue weighted by atomic mass is 10.1. The molecule has 0 aliphatic carbocycles. The van der Waals surface area contributed by atoms with Gasteiger partial charge in [0.1, 0.15) is 5.75 Å². The monoisotopic (exact) mass is 363 g/mol. The van der Waals surface area contributed by atoms with Crippen LogP contribution in [0, 0.1) is 13.8 Å². The summed E-state index contributed by atoms with van der Waals surface area (Å²) in [6.07, 6.45) is 1.61. The van der Waals surface area contributed by atoms with E-state index in [-0.39, 0.29) is 6.54 Å². The highest BCUT2D eigenvalue weighted by molar-refractivity contribution is 7.87. The van der Waals surface area contributed by atoms with E-state index in [2.05, 4.69) is 15.8 Å². The van der Waals surface area contributed by atoms with Gasteiger partial charge in [0.15, 0.2) is 0 Å². The van der Waals surface area contributed by atoms with Crippen molar-refractivity contribution in [2.75, 3.05) is 13.1 Å². The number of nitrogens with one attached hydrogen (secondary N) is 1. The number of rotatable bonds is 8. The summed E-state index contributed by atoms with van der Waals surface area (Å²) in [6.45, 7) is 8.68. The second-order valence-electron chi connectivity index (χ2n) is 5.84. The van der Waals surface area contributed by atoms with Gasteiger partial charge in [0.25, 0.3) is 10.2 Å². The van der Waals surface area contributed by atoms with Gasteiger partial charge in [-0.05, 0) is 48.7 Å². The fraction of sp³-hybridized carbons (Fsp3) is 0.389. The Labute approximate surface area is 150 Å². The molecule has 1 N–H and O–H groups in total. The van der Waals surface area contributed by atoms with Crippen LogP contribution in [-0.4, -0.2) is 30.8 Å². The van der Waals surface area contributed by atoms with Crippen molar-refractivity contribution in [3.63, 3.8) is 0 Å². The van der Waals surface area contributed by atoms with Crippen molar-refractivity contribution in [3.05, 3.63) is 53.2 Å².